The molecular formula is C15H24N4. The van der Waals surface area contributed by atoms with Crippen molar-refractivity contribution >= 4 is 5.82 Å². The number of aromatic nitrogens is 2. The Morgan fingerprint density at radius 3 is 2.58 bits per heavy atom. The summed E-state index contributed by atoms with van der Waals surface area (Å²) in [5, 5.41) is 0. The lowest BCUT2D eigenvalue weighted by atomic mass is 10.0. The van der Waals surface area contributed by atoms with E-state index in [1.54, 1.807) is 0 Å². The molecule has 0 radical (unpaired) electrons. The van der Waals surface area contributed by atoms with Crippen molar-refractivity contribution in [2.75, 3.05) is 31.1 Å². The molecule has 2 fully saturated rings. The maximum absolute atomic E-state index is 4.62. The van der Waals surface area contributed by atoms with Crippen molar-refractivity contribution in [3.8, 4) is 0 Å². The molecule has 0 N–H and O–H groups in total. The Balaban J connectivity index is 1.73. The highest BCUT2D eigenvalue weighted by molar-refractivity contribution is 5.40. The van der Waals surface area contributed by atoms with Crippen LogP contribution < -0.4 is 4.90 Å². The molecule has 3 heterocycles. The average molecular weight is 260 g/mol. The Morgan fingerprint density at radius 2 is 1.84 bits per heavy atom. The number of anilines is 1. The van der Waals surface area contributed by atoms with Crippen LogP contribution >= 0.6 is 0 Å². The Bertz CT molecular complexity index is 420. The molecule has 2 aliphatic heterocycles. The normalized spacial score (nSPS) is 24.9. The Morgan fingerprint density at radius 1 is 1.05 bits per heavy atom. The topological polar surface area (TPSA) is 32.3 Å². The molecule has 1 aromatic rings. The summed E-state index contributed by atoms with van der Waals surface area (Å²) >= 11 is 0. The number of rotatable bonds is 2. The molecule has 0 amide bonds. The van der Waals surface area contributed by atoms with Gasteiger partial charge in [-0.2, -0.15) is 0 Å². The number of piperidine rings is 1. The van der Waals surface area contributed by atoms with Crippen molar-refractivity contribution in [1.82, 2.24) is 14.9 Å². The summed E-state index contributed by atoms with van der Waals surface area (Å²) in [6.07, 6.45) is 5.38. The van der Waals surface area contributed by atoms with E-state index in [9.17, 15) is 0 Å². The first-order valence-corrected chi connectivity index (χ1v) is 7.53. The van der Waals surface area contributed by atoms with E-state index in [4.69, 9.17) is 0 Å². The van der Waals surface area contributed by atoms with Gasteiger partial charge in [0.25, 0.3) is 0 Å². The molecule has 1 unspecified atom stereocenters. The van der Waals surface area contributed by atoms with Gasteiger partial charge in [0, 0.05) is 30.9 Å². The van der Waals surface area contributed by atoms with E-state index in [1.165, 1.54) is 38.8 Å². The number of likely N-dealkylation sites (tertiary alicyclic amines) is 1. The van der Waals surface area contributed by atoms with Crippen molar-refractivity contribution in [3.63, 3.8) is 0 Å². The first-order valence-electron chi connectivity index (χ1n) is 7.53. The van der Waals surface area contributed by atoms with Gasteiger partial charge in [-0.3, -0.25) is 4.90 Å². The van der Waals surface area contributed by atoms with E-state index in [0.717, 1.165) is 36.5 Å². The molecule has 2 aliphatic rings. The number of nitrogens with zero attached hydrogens (tertiary/aromatic N) is 4. The Labute approximate surface area is 115 Å². The fraction of sp³-hybridized carbons (Fsp3) is 0.733. The lowest BCUT2D eigenvalue weighted by molar-refractivity contribution is 0.215. The average Bonchev–Trinajstić information content (AvgIpc) is 2.92. The number of hydrogen-bond donors (Lipinski definition) is 0. The summed E-state index contributed by atoms with van der Waals surface area (Å²) in [5.74, 6) is 2.01. The minimum absolute atomic E-state index is 0.729. The van der Waals surface area contributed by atoms with E-state index >= 15 is 0 Å². The van der Waals surface area contributed by atoms with Gasteiger partial charge in [0.05, 0.1) is 0 Å². The van der Waals surface area contributed by atoms with Crippen molar-refractivity contribution in [1.29, 1.82) is 0 Å². The van der Waals surface area contributed by atoms with Gasteiger partial charge < -0.3 is 4.90 Å². The third-order valence-electron chi connectivity index (χ3n) is 4.33. The quantitative estimate of drug-likeness (QED) is 0.815. The maximum Gasteiger partial charge on any atom is 0.132 e. The lowest BCUT2D eigenvalue weighted by Crippen LogP contribution is -2.47. The molecule has 3 rings (SSSR count). The molecule has 0 spiro atoms. The second-order valence-corrected chi connectivity index (χ2v) is 5.90. The van der Waals surface area contributed by atoms with Crippen LogP contribution in [0.2, 0.25) is 0 Å². The minimum atomic E-state index is 0.729. The van der Waals surface area contributed by atoms with Crippen molar-refractivity contribution in [2.24, 2.45) is 0 Å². The first-order chi connectivity index (χ1) is 9.22. The van der Waals surface area contributed by atoms with Gasteiger partial charge in [-0.15, -0.1) is 0 Å². The van der Waals surface area contributed by atoms with E-state index in [1.807, 2.05) is 6.92 Å². The van der Waals surface area contributed by atoms with Crippen LogP contribution in [0.25, 0.3) is 0 Å². The SMILES string of the molecule is Cc1cc(N2CCCC(N3CCCC3)C2)nc(C)n1. The van der Waals surface area contributed by atoms with Crippen molar-refractivity contribution in [2.45, 2.75) is 45.6 Å². The summed E-state index contributed by atoms with van der Waals surface area (Å²) in [4.78, 5) is 14.1. The van der Waals surface area contributed by atoms with Gasteiger partial charge >= 0.3 is 0 Å². The summed E-state index contributed by atoms with van der Waals surface area (Å²) in [7, 11) is 0. The van der Waals surface area contributed by atoms with Crippen LogP contribution in [0, 0.1) is 13.8 Å². The zero-order valence-corrected chi connectivity index (χ0v) is 12.1. The second kappa shape index (κ2) is 5.45. The van der Waals surface area contributed by atoms with Crippen LogP contribution in [0.5, 0.6) is 0 Å². The zero-order valence-electron chi connectivity index (χ0n) is 12.1. The summed E-state index contributed by atoms with van der Waals surface area (Å²) < 4.78 is 0. The van der Waals surface area contributed by atoms with Crippen LogP contribution in [0.3, 0.4) is 0 Å². The van der Waals surface area contributed by atoms with Gasteiger partial charge in [-0.25, -0.2) is 9.97 Å². The van der Waals surface area contributed by atoms with Crippen LogP contribution in [0.15, 0.2) is 6.07 Å². The molecule has 1 atom stereocenters. The molecule has 0 aliphatic carbocycles. The molecule has 0 aromatic carbocycles. The Hall–Kier alpha value is -1.16. The third-order valence-corrected chi connectivity index (χ3v) is 4.33. The lowest BCUT2D eigenvalue weighted by Gasteiger charge is -2.38. The number of hydrogen-bond acceptors (Lipinski definition) is 4. The van der Waals surface area contributed by atoms with Crippen molar-refractivity contribution in [3.05, 3.63) is 17.6 Å². The molecule has 104 valence electrons. The summed E-state index contributed by atoms with van der Waals surface area (Å²) in [5.41, 5.74) is 1.07. The van der Waals surface area contributed by atoms with E-state index in [2.05, 4.69) is 32.8 Å². The van der Waals surface area contributed by atoms with Gasteiger partial charge in [0.1, 0.15) is 11.6 Å². The maximum atomic E-state index is 4.62. The fourth-order valence-corrected chi connectivity index (χ4v) is 3.43. The minimum Gasteiger partial charge on any atom is -0.355 e. The highest BCUT2D eigenvalue weighted by Gasteiger charge is 2.27. The molecule has 1 aromatic heterocycles. The highest BCUT2D eigenvalue weighted by Crippen LogP contribution is 2.24. The Kier molecular flexibility index (Phi) is 3.69. The molecule has 0 saturated carbocycles. The largest absolute Gasteiger partial charge is 0.355 e. The van der Waals surface area contributed by atoms with E-state index in [0.29, 0.717) is 0 Å². The van der Waals surface area contributed by atoms with Crippen LogP contribution in [0.4, 0.5) is 5.82 Å². The van der Waals surface area contributed by atoms with Crippen LogP contribution in [-0.2, 0) is 0 Å². The molecule has 4 nitrogen and oxygen atoms in total. The van der Waals surface area contributed by atoms with Gasteiger partial charge in [-0.1, -0.05) is 0 Å². The van der Waals surface area contributed by atoms with Gasteiger partial charge in [-0.05, 0) is 52.6 Å². The smallest absolute Gasteiger partial charge is 0.132 e. The fourth-order valence-electron chi connectivity index (χ4n) is 3.43. The standard InChI is InChI=1S/C15H24N4/c1-12-10-15(17-13(2)16-12)19-9-5-6-14(11-19)18-7-3-4-8-18/h10,14H,3-9,11H2,1-2H3. The summed E-state index contributed by atoms with van der Waals surface area (Å²) in [6.45, 7) is 8.90. The third kappa shape index (κ3) is 2.89. The monoisotopic (exact) mass is 260 g/mol. The van der Waals surface area contributed by atoms with E-state index in [-0.39, 0.29) is 0 Å². The zero-order chi connectivity index (χ0) is 13.2. The molecule has 19 heavy (non-hydrogen) atoms. The highest BCUT2D eigenvalue weighted by atomic mass is 15.3. The first kappa shape index (κ1) is 12.9. The molecular weight excluding hydrogens is 236 g/mol. The van der Waals surface area contributed by atoms with Gasteiger partial charge in [0.15, 0.2) is 0 Å². The molecule has 4 heteroatoms. The van der Waals surface area contributed by atoms with Crippen molar-refractivity contribution < 1.29 is 0 Å². The number of aryl methyl sites for hydroxylation is 2. The van der Waals surface area contributed by atoms with Crippen LogP contribution in [0.1, 0.15) is 37.2 Å². The predicted octanol–water partition coefficient (Wildman–Crippen LogP) is 2.16. The molecule has 2 saturated heterocycles. The predicted molar refractivity (Wildman–Crippen MR) is 77.5 cm³/mol. The molecule has 0 bridgehead atoms. The summed E-state index contributed by atoms with van der Waals surface area (Å²) in [6, 6.07) is 2.85. The second-order valence-electron chi connectivity index (χ2n) is 5.90. The van der Waals surface area contributed by atoms with Gasteiger partial charge in [0.2, 0.25) is 0 Å². The van der Waals surface area contributed by atoms with Crippen LogP contribution in [-0.4, -0.2) is 47.1 Å². The van der Waals surface area contributed by atoms with E-state index < -0.39 is 0 Å².